The highest BCUT2D eigenvalue weighted by Crippen LogP contribution is 2.13. The molecule has 2 rings (SSSR count). The fourth-order valence-corrected chi connectivity index (χ4v) is 1.31. The van der Waals surface area contributed by atoms with Crippen molar-refractivity contribution in [1.82, 2.24) is 10.3 Å². The number of H-pyrrole nitrogens is 1. The van der Waals surface area contributed by atoms with E-state index >= 15 is 0 Å². The number of fused-ring (bicyclic) bond motifs is 1. The molecule has 0 spiro atoms. The number of carbonyl (C=O) groups excluding carboxylic acids is 1. The van der Waals surface area contributed by atoms with Gasteiger partial charge in [-0.3, -0.25) is 10.1 Å². The first-order chi connectivity index (χ1) is 6.81. The minimum atomic E-state index is -0.385. The number of hydrogen-bond donors (Lipinski definition) is 2. The fourth-order valence-electron chi connectivity index (χ4n) is 1.31. The average Bonchev–Trinajstić information content (AvgIpc) is 2.64. The lowest BCUT2D eigenvalue weighted by atomic mass is 10.1. The second-order valence-corrected chi connectivity index (χ2v) is 2.85. The highest BCUT2D eigenvalue weighted by Gasteiger charge is 2.05. The third kappa shape index (κ3) is 1.31. The van der Waals surface area contributed by atoms with Crippen LogP contribution in [0.2, 0.25) is 0 Å². The van der Waals surface area contributed by atoms with Crippen molar-refractivity contribution in [3.8, 4) is 6.19 Å². The van der Waals surface area contributed by atoms with Gasteiger partial charge in [-0.15, -0.1) is 0 Å². The van der Waals surface area contributed by atoms with Crippen molar-refractivity contribution in [1.29, 1.82) is 5.26 Å². The molecule has 0 unspecified atom stereocenters. The molecule has 4 nitrogen and oxygen atoms in total. The van der Waals surface area contributed by atoms with Crippen molar-refractivity contribution in [3.63, 3.8) is 0 Å². The lowest BCUT2D eigenvalue weighted by Crippen LogP contribution is -2.16. The van der Waals surface area contributed by atoms with Crippen LogP contribution < -0.4 is 5.32 Å². The van der Waals surface area contributed by atoms with Crippen LogP contribution in [-0.2, 0) is 0 Å². The summed E-state index contributed by atoms with van der Waals surface area (Å²) in [5, 5.41) is 11.4. The van der Waals surface area contributed by atoms with Gasteiger partial charge in [0, 0.05) is 17.3 Å². The molecule has 1 aromatic carbocycles. The standard InChI is InChI=1S/C10H7N3O/c11-6-13-10(14)8-2-1-7-3-4-12-9(7)5-8/h1-5,12H,(H,13,14). The smallest absolute Gasteiger partial charge is 0.264 e. The van der Waals surface area contributed by atoms with Gasteiger partial charge in [0.15, 0.2) is 6.19 Å². The van der Waals surface area contributed by atoms with E-state index < -0.39 is 0 Å². The molecule has 0 saturated carbocycles. The number of hydrogen-bond acceptors (Lipinski definition) is 2. The summed E-state index contributed by atoms with van der Waals surface area (Å²) in [5.74, 6) is -0.385. The van der Waals surface area contributed by atoms with Crippen LogP contribution in [-0.4, -0.2) is 10.9 Å². The first-order valence-electron chi connectivity index (χ1n) is 4.08. The highest BCUT2D eigenvalue weighted by molar-refractivity contribution is 5.98. The topological polar surface area (TPSA) is 68.7 Å². The summed E-state index contributed by atoms with van der Waals surface area (Å²) in [6.45, 7) is 0. The Kier molecular flexibility index (Phi) is 1.92. The lowest BCUT2D eigenvalue weighted by molar-refractivity contribution is 0.0973. The highest BCUT2D eigenvalue weighted by atomic mass is 16.1. The van der Waals surface area contributed by atoms with Gasteiger partial charge in [-0.2, -0.15) is 5.26 Å². The van der Waals surface area contributed by atoms with Crippen molar-refractivity contribution in [2.75, 3.05) is 0 Å². The van der Waals surface area contributed by atoms with Crippen molar-refractivity contribution in [2.45, 2.75) is 0 Å². The SMILES string of the molecule is N#CNC(=O)c1ccc2cc[nH]c2c1. The Bertz CT molecular complexity index is 521. The van der Waals surface area contributed by atoms with Crippen LogP contribution in [0.4, 0.5) is 0 Å². The predicted molar refractivity (Wildman–Crippen MR) is 51.4 cm³/mol. The number of rotatable bonds is 1. The van der Waals surface area contributed by atoms with Gasteiger partial charge in [-0.05, 0) is 23.6 Å². The average molecular weight is 185 g/mol. The zero-order chi connectivity index (χ0) is 9.97. The minimum absolute atomic E-state index is 0.385. The number of nitrogens with zero attached hydrogens (tertiary/aromatic N) is 1. The first-order valence-corrected chi connectivity index (χ1v) is 4.08. The second-order valence-electron chi connectivity index (χ2n) is 2.85. The Labute approximate surface area is 80.2 Å². The van der Waals surface area contributed by atoms with Crippen LogP contribution in [0.5, 0.6) is 0 Å². The summed E-state index contributed by atoms with van der Waals surface area (Å²) < 4.78 is 0. The van der Waals surface area contributed by atoms with Crippen molar-refractivity contribution < 1.29 is 4.79 Å². The summed E-state index contributed by atoms with van der Waals surface area (Å²) in [6.07, 6.45) is 3.40. The van der Waals surface area contributed by atoms with E-state index in [1.54, 1.807) is 24.5 Å². The maximum absolute atomic E-state index is 11.3. The molecule has 4 heteroatoms. The number of benzene rings is 1. The predicted octanol–water partition coefficient (Wildman–Crippen LogP) is 1.38. The van der Waals surface area contributed by atoms with Gasteiger partial charge < -0.3 is 4.98 Å². The number of nitriles is 1. The zero-order valence-electron chi connectivity index (χ0n) is 7.24. The molecular formula is C10H7N3O. The summed E-state index contributed by atoms with van der Waals surface area (Å²) >= 11 is 0. The summed E-state index contributed by atoms with van der Waals surface area (Å²) in [7, 11) is 0. The Hall–Kier alpha value is -2.28. The summed E-state index contributed by atoms with van der Waals surface area (Å²) in [4.78, 5) is 14.3. The Morgan fingerprint density at radius 2 is 2.29 bits per heavy atom. The Morgan fingerprint density at radius 1 is 1.43 bits per heavy atom. The first kappa shape index (κ1) is 8.32. The molecule has 0 atom stereocenters. The Morgan fingerprint density at radius 3 is 3.07 bits per heavy atom. The van der Waals surface area contributed by atoms with E-state index in [4.69, 9.17) is 5.26 Å². The third-order valence-electron chi connectivity index (χ3n) is 1.99. The van der Waals surface area contributed by atoms with Gasteiger partial charge in [0.25, 0.3) is 5.91 Å². The van der Waals surface area contributed by atoms with Crippen LogP contribution >= 0.6 is 0 Å². The van der Waals surface area contributed by atoms with Crippen molar-refractivity contribution in [2.24, 2.45) is 0 Å². The molecule has 0 saturated heterocycles. The molecule has 0 aliphatic carbocycles. The molecule has 0 aliphatic heterocycles. The van der Waals surface area contributed by atoms with Crippen LogP contribution in [0, 0.1) is 11.5 Å². The van der Waals surface area contributed by atoms with Gasteiger partial charge in [0.1, 0.15) is 0 Å². The van der Waals surface area contributed by atoms with Gasteiger partial charge in [-0.25, -0.2) is 0 Å². The monoisotopic (exact) mass is 185 g/mol. The van der Waals surface area contributed by atoms with Crippen LogP contribution in [0.1, 0.15) is 10.4 Å². The van der Waals surface area contributed by atoms with Crippen LogP contribution in [0.3, 0.4) is 0 Å². The molecule has 14 heavy (non-hydrogen) atoms. The van der Waals surface area contributed by atoms with Gasteiger partial charge in [-0.1, -0.05) is 6.07 Å². The van der Waals surface area contributed by atoms with Crippen molar-refractivity contribution in [3.05, 3.63) is 36.0 Å². The molecule has 0 aliphatic rings. The molecule has 2 aromatic rings. The van der Waals surface area contributed by atoms with Gasteiger partial charge in [0.05, 0.1) is 0 Å². The number of carbonyl (C=O) groups is 1. The molecule has 0 radical (unpaired) electrons. The number of nitrogens with one attached hydrogen (secondary N) is 2. The third-order valence-corrected chi connectivity index (χ3v) is 1.99. The molecule has 1 aromatic heterocycles. The largest absolute Gasteiger partial charge is 0.361 e. The fraction of sp³-hybridized carbons (Fsp3) is 0. The van der Waals surface area contributed by atoms with Gasteiger partial charge >= 0.3 is 0 Å². The number of amides is 1. The van der Waals surface area contributed by atoms with Gasteiger partial charge in [0.2, 0.25) is 0 Å². The molecule has 68 valence electrons. The zero-order valence-corrected chi connectivity index (χ0v) is 7.24. The van der Waals surface area contributed by atoms with E-state index in [-0.39, 0.29) is 5.91 Å². The summed E-state index contributed by atoms with van der Waals surface area (Å²) in [5.41, 5.74) is 1.36. The lowest BCUT2D eigenvalue weighted by Gasteiger charge is -1.97. The van der Waals surface area contributed by atoms with E-state index in [0.29, 0.717) is 5.56 Å². The number of aromatic amines is 1. The van der Waals surface area contributed by atoms with E-state index in [1.807, 2.05) is 12.1 Å². The normalized spacial score (nSPS) is 9.64. The van der Waals surface area contributed by atoms with Crippen molar-refractivity contribution >= 4 is 16.8 Å². The molecule has 1 heterocycles. The van der Waals surface area contributed by atoms with E-state index in [0.717, 1.165) is 10.9 Å². The molecule has 0 fully saturated rings. The molecule has 2 N–H and O–H groups in total. The quantitative estimate of drug-likeness (QED) is 0.520. The van der Waals surface area contributed by atoms with E-state index in [9.17, 15) is 4.79 Å². The van der Waals surface area contributed by atoms with E-state index in [1.165, 1.54) is 0 Å². The maximum Gasteiger partial charge on any atom is 0.264 e. The molecule has 1 amide bonds. The maximum atomic E-state index is 11.3. The Balaban J connectivity index is 2.44. The molecule has 0 bridgehead atoms. The second kappa shape index (κ2) is 3.23. The minimum Gasteiger partial charge on any atom is -0.361 e. The van der Waals surface area contributed by atoms with Crippen LogP contribution in [0.25, 0.3) is 10.9 Å². The summed E-state index contributed by atoms with van der Waals surface area (Å²) in [6, 6.07) is 7.14. The van der Waals surface area contributed by atoms with E-state index in [2.05, 4.69) is 10.3 Å². The molecular weight excluding hydrogens is 178 g/mol. The van der Waals surface area contributed by atoms with Crippen LogP contribution in [0.15, 0.2) is 30.5 Å². The number of aromatic nitrogens is 1.